The van der Waals surface area contributed by atoms with Crippen LogP contribution < -0.4 is 9.64 Å². The Balaban J connectivity index is 1.92. The van der Waals surface area contributed by atoms with Gasteiger partial charge in [-0.1, -0.05) is 13.0 Å². The number of nitrogens with zero attached hydrogens (tertiary/aromatic N) is 2. The Kier molecular flexibility index (Phi) is 6.92. The Morgan fingerprint density at radius 2 is 1.81 bits per heavy atom. The number of carbonyl (C=O) groups excluding carboxylic acids is 2. The zero-order valence-corrected chi connectivity index (χ0v) is 20.0. The molecular formula is C27H23FN2O7. The van der Waals surface area contributed by atoms with Crippen LogP contribution in [0.2, 0.25) is 0 Å². The van der Waals surface area contributed by atoms with Crippen molar-refractivity contribution in [2.24, 2.45) is 0 Å². The first kappa shape index (κ1) is 25.4. The average molecular weight is 506 g/mol. The maximum Gasteiger partial charge on any atom is 0.311 e. The van der Waals surface area contributed by atoms with Gasteiger partial charge in [-0.15, -0.1) is 0 Å². The fourth-order valence-corrected chi connectivity index (χ4v) is 4.20. The van der Waals surface area contributed by atoms with E-state index in [4.69, 9.17) is 4.74 Å². The van der Waals surface area contributed by atoms with Gasteiger partial charge in [-0.2, -0.15) is 0 Å². The predicted octanol–water partition coefficient (Wildman–Crippen LogP) is 5.16. The number of aliphatic hydroxyl groups excluding tert-OH is 1. The van der Waals surface area contributed by atoms with Crippen LogP contribution in [0.3, 0.4) is 0 Å². The van der Waals surface area contributed by atoms with Gasteiger partial charge >= 0.3 is 5.69 Å². The number of aromatic hydroxyl groups is 1. The molecule has 1 aliphatic rings. The lowest BCUT2D eigenvalue weighted by atomic mass is 9.94. The van der Waals surface area contributed by atoms with Crippen LogP contribution in [-0.4, -0.2) is 33.4 Å². The largest absolute Gasteiger partial charge is 0.507 e. The molecule has 0 aliphatic carbocycles. The number of rotatable bonds is 7. The lowest BCUT2D eigenvalue weighted by Gasteiger charge is -2.25. The van der Waals surface area contributed by atoms with Gasteiger partial charge in [0.2, 0.25) is 0 Å². The molecule has 1 heterocycles. The summed E-state index contributed by atoms with van der Waals surface area (Å²) in [6.07, 6.45) is 0.798. The molecule has 0 saturated carbocycles. The van der Waals surface area contributed by atoms with Crippen molar-refractivity contribution in [3.8, 4) is 11.5 Å². The number of aryl methyl sites for hydroxylation is 1. The van der Waals surface area contributed by atoms with Crippen molar-refractivity contribution in [3.05, 3.63) is 98.9 Å². The van der Waals surface area contributed by atoms with Crippen molar-refractivity contribution >= 4 is 28.8 Å². The van der Waals surface area contributed by atoms with Gasteiger partial charge in [0.1, 0.15) is 17.3 Å². The number of anilines is 1. The number of hydrogen-bond donors (Lipinski definition) is 2. The summed E-state index contributed by atoms with van der Waals surface area (Å²) < 4.78 is 19.3. The lowest BCUT2D eigenvalue weighted by Crippen LogP contribution is -2.29. The molecule has 190 valence electrons. The van der Waals surface area contributed by atoms with E-state index in [1.807, 2.05) is 6.92 Å². The topological polar surface area (TPSA) is 130 Å². The van der Waals surface area contributed by atoms with Gasteiger partial charge in [0.25, 0.3) is 11.7 Å². The number of phenols is 1. The highest BCUT2D eigenvalue weighted by molar-refractivity contribution is 6.51. The van der Waals surface area contributed by atoms with Crippen LogP contribution >= 0.6 is 0 Å². The molecule has 0 spiro atoms. The molecule has 1 aliphatic heterocycles. The SMILES string of the molecule is CCCOc1ccc(/C(O)=C2/C(=O)C(=O)N(c3ccc(F)cc3)C2c2ccc(O)c([N+](=O)[O-])c2)cc1C. The number of nitro groups is 1. The van der Waals surface area contributed by atoms with Crippen LogP contribution in [0.5, 0.6) is 11.5 Å². The van der Waals surface area contributed by atoms with Crippen LogP contribution in [0.4, 0.5) is 15.8 Å². The minimum absolute atomic E-state index is 0.0918. The van der Waals surface area contributed by atoms with Gasteiger partial charge in [0.05, 0.1) is 23.1 Å². The van der Waals surface area contributed by atoms with E-state index in [0.29, 0.717) is 17.9 Å². The molecule has 1 fully saturated rings. The number of benzene rings is 3. The molecular weight excluding hydrogens is 483 g/mol. The van der Waals surface area contributed by atoms with Crippen LogP contribution in [0.15, 0.2) is 66.2 Å². The smallest absolute Gasteiger partial charge is 0.311 e. The zero-order valence-electron chi connectivity index (χ0n) is 20.0. The second kappa shape index (κ2) is 10.1. The summed E-state index contributed by atoms with van der Waals surface area (Å²) in [5.41, 5.74) is 0.196. The van der Waals surface area contributed by atoms with E-state index < -0.39 is 45.7 Å². The summed E-state index contributed by atoms with van der Waals surface area (Å²) in [5.74, 6) is -3.10. The van der Waals surface area contributed by atoms with Gasteiger partial charge in [0, 0.05) is 17.3 Å². The maximum absolute atomic E-state index is 13.6. The van der Waals surface area contributed by atoms with E-state index in [2.05, 4.69) is 0 Å². The molecule has 3 aromatic rings. The van der Waals surface area contributed by atoms with E-state index in [1.165, 1.54) is 24.3 Å². The second-order valence-electron chi connectivity index (χ2n) is 8.48. The van der Waals surface area contributed by atoms with Crippen molar-refractivity contribution in [3.63, 3.8) is 0 Å². The highest BCUT2D eigenvalue weighted by Crippen LogP contribution is 2.44. The quantitative estimate of drug-likeness (QED) is 0.149. The minimum atomic E-state index is -1.29. The predicted molar refractivity (Wildman–Crippen MR) is 133 cm³/mol. The maximum atomic E-state index is 13.6. The summed E-state index contributed by atoms with van der Waals surface area (Å²) >= 11 is 0. The Labute approximate surface area is 211 Å². The number of ether oxygens (including phenoxy) is 1. The molecule has 1 amide bonds. The fraction of sp³-hybridized carbons (Fsp3) is 0.185. The first-order chi connectivity index (χ1) is 17.6. The summed E-state index contributed by atoms with van der Waals surface area (Å²) in [5, 5.41) is 32.7. The second-order valence-corrected chi connectivity index (χ2v) is 8.48. The van der Waals surface area contributed by atoms with Crippen molar-refractivity contribution in [2.75, 3.05) is 11.5 Å². The number of halogens is 1. The third-order valence-corrected chi connectivity index (χ3v) is 5.97. The molecule has 4 rings (SSSR count). The standard InChI is InChI=1S/C27H23FN2O7/c1-3-12-37-22-11-5-17(13-15(22)2)25(32)23-24(16-4-10-21(31)20(14-16)30(35)36)29(27(34)26(23)33)19-8-6-18(28)7-9-19/h4-11,13-14,24,31-32H,3,12H2,1-2H3/b25-23-. The first-order valence-corrected chi connectivity index (χ1v) is 11.4. The Morgan fingerprint density at radius 3 is 2.43 bits per heavy atom. The molecule has 1 atom stereocenters. The lowest BCUT2D eigenvalue weighted by molar-refractivity contribution is -0.385. The van der Waals surface area contributed by atoms with E-state index in [1.54, 1.807) is 19.1 Å². The van der Waals surface area contributed by atoms with Crippen molar-refractivity contribution in [1.82, 2.24) is 0 Å². The van der Waals surface area contributed by atoms with Crippen molar-refractivity contribution in [2.45, 2.75) is 26.3 Å². The number of carbonyl (C=O) groups is 2. The number of hydrogen-bond acceptors (Lipinski definition) is 7. The van der Waals surface area contributed by atoms with Gasteiger partial charge in [-0.25, -0.2) is 4.39 Å². The third kappa shape index (κ3) is 4.73. The van der Waals surface area contributed by atoms with Gasteiger partial charge in [-0.3, -0.25) is 24.6 Å². The number of aliphatic hydroxyl groups is 1. The van der Waals surface area contributed by atoms with Gasteiger partial charge in [-0.05, 0) is 73.0 Å². The van der Waals surface area contributed by atoms with E-state index in [9.17, 15) is 34.3 Å². The zero-order chi connectivity index (χ0) is 26.9. The minimum Gasteiger partial charge on any atom is -0.507 e. The van der Waals surface area contributed by atoms with Crippen LogP contribution in [0.25, 0.3) is 5.76 Å². The summed E-state index contributed by atoms with van der Waals surface area (Å²) in [6.45, 7) is 4.22. The van der Waals surface area contributed by atoms with Crippen molar-refractivity contribution in [1.29, 1.82) is 0 Å². The van der Waals surface area contributed by atoms with Gasteiger partial charge in [0.15, 0.2) is 5.75 Å². The summed E-state index contributed by atoms with van der Waals surface area (Å²) in [4.78, 5) is 38.1. The Bertz CT molecular complexity index is 1430. The summed E-state index contributed by atoms with van der Waals surface area (Å²) in [7, 11) is 0. The van der Waals surface area contributed by atoms with E-state index in [-0.39, 0.29) is 22.4 Å². The molecule has 2 N–H and O–H groups in total. The van der Waals surface area contributed by atoms with Crippen LogP contribution in [0.1, 0.15) is 36.1 Å². The highest BCUT2D eigenvalue weighted by atomic mass is 19.1. The molecule has 0 radical (unpaired) electrons. The number of phenolic OH excluding ortho intramolecular Hbond substituents is 1. The Morgan fingerprint density at radius 1 is 1.11 bits per heavy atom. The number of ketones is 1. The number of amides is 1. The molecule has 3 aromatic carbocycles. The van der Waals surface area contributed by atoms with Crippen LogP contribution in [-0.2, 0) is 9.59 Å². The molecule has 0 aromatic heterocycles. The first-order valence-electron chi connectivity index (χ1n) is 11.4. The normalized spacial score (nSPS) is 16.7. The highest BCUT2D eigenvalue weighted by Gasteiger charge is 2.47. The third-order valence-electron chi connectivity index (χ3n) is 5.97. The molecule has 1 saturated heterocycles. The van der Waals surface area contributed by atoms with Gasteiger partial charge < -0.3 is 14.9 Å². The van der Waals surface area contributed by atoms with E-state index >= 15 is 0 Å². The Hall–Kier alpha value is -4.73. The molecule has 10 heteroatoms. The van der Waals surface area contributed by atoms with Crippen molar-refractivity contribution < 1.29 is 33.9 Å². The molecule has 37 heavy (non-hydrogen) atoms. The van der Waals surface area contributed by atoms with Crippen LogP contribution in [0, 0.1) is 22.9 Å². The molecule has 1 unspecified atom stereocenters. The molecule has 0 bridgehead atoms. The molecule has 9 nitrogen and oxygen atoms in total. The number of nitro benzene ring substituents is 1. The van der Waals surface area contributed by atoms with E-state index in [0.717, 1.165) is 35.6 Å². The monoisotopic (exact) mass is 506 g/mol. The fourth-order valence-electron chi connectivity index (χ4n) is 4.20. The number of Topliss-reactive ketones (excluding diaryl/α,β-unsaturated/α-hetero) is 1. The summed E-state index contributed by atoms with van der Waals surface area (Å²) in [6, 6.07) is 11.7. The average Bonchev–Trinajstić information content (AvgIpc) is 3.13.